The number of thioether (sulfide) groups is 1. The molecule has 0 spiro atoms. The molecule has 0 unspecified atom stereocenters. The maximum absolute atomic E-state index is 12.0. The van der Waals surface area contributed by atoms with Crippen LogP contribution in [0.1, 0.15) is 10.7 Å². The minimum atomic E-state index is -0.0907. The third-order valence-electron chi connectivity index (χ3n) is 3.59. The first kappa shape index (κ1) is 17.3. The number of morpholine rings is 1. The summed E-state index contributed by atoms with van der Waals surface area (Å²) in [7, 11) is 1.93. The number of aryl methyl sites for hydroxylation is 1. The summed E-state index contributed by atoms with van der Waals surface area (Å²) in [5, 5.41) is 12.6. The van der Waals surface area contributed by atoms with Gasteiger partial charge in [0.25, 0.3) is 0 Å². The fourth-order valence-electron chi connectivity index (χ4n) is 2.27. The topological polar surface area (TPSA) is 85.2 Å². The summed E-state index contributed by atoms with van der Waals surface area (Å²) in [4.78, 5) is 19.5. The molecule has 0 aromatic carbocycles. The van der Waals surface area contributed by atoms with Gasteiger partial charge in [0.1, 0.15) is 5.82 Å². The molecular weight excluding hydrogens is 348 g/mol. The number of anilines is 1. The highest BCUT2D eigenvalue weighted by Crippen LogP contribution is 2.19. The first-order valence-corrected chi connectivity index (χ1v) is 9.45. The largest absolute Gasteiger partial charge is 0.379 e. The normalized spacial score (nSPS) is 15.6. The summed E-state index contributed by atoms with van der Waals surface area (Å²) in [6.07, 6.45) is 1.74. The standard InChI is InChI=1S/C14H20N6O2S2/c1-10-7-15-13(24-10)16-12(21)9-23-14-18-17-11(19(14)2)8-20-3-5-22-6-4-20/h7H,3-6,8-9H2,1-2H3,(H,15,16,21). The van der Waals surface area contributed by atoms with E-state index in [1.165, 1.54) is 23.1 Å². The molecule has 3 rings (SSSR count). The number of aromatic nitrogens is 4. The fraction of sp³-hybridized carbons (Fsp3) is 0.571. The van der Waals surface area contributed by atoms with Gasteiger partial charge in [-0.15, -0.1) is 21.5 Å². The summed E-state index contributed by atoms with van der Waals surface area (Å²) in [5.74, 6) is 1.09. The zero-order valence-electron chi connectivity index (χ0n) is 13.7. The number of carbonyl (C=O) groups is 1. The fourth-order valence-corrected chi connectivity index (χ4v) is 3.68. The zero-order chi connectivity index (χ0) is 16.9. The molecule has 0 radical (unpaired) electrons. The molecule has 10 heteroatoms. The van der Waals surface area contributed by atoms with Gasteiger partial charge in [-0.3, -0.25) is 9.69 Å². The number of rotatable bonds is 6. The first-order valence-electron chi connectivity index (χ1n) is 7.65. The van der Waals surface area contributed by atoms with Crippen LogP contribution in [0.4, 0.5) is 5.13 Å². The maximum atomic E-state index is 12.0. The van der Waals surface area contributed by atoms with Crippen LogP contribution in [0.25, 0.3) is 0 Å². The lowest BCUT2D eigenvalue weighted by Gasteiger charge is -2.25. The van der Waals surface area contributed by atoms with Gasteiger partial charge in [-0.05, 0) is 6.92 Å². The van der Waals surface area contributed by atoms with Crippen LogP contribution in [0.3, 0.4) is 0 Å². The molecule has 1 N–H and O–H groups in total. The van der Waals surface area contributed by atoms with E-state index in [9.17, 15) is 4.79 Å². The molecule has 0 saturated carbocycles. The Hall–Kier alpha value is -1.49. The second kappa shape index (κ2) is 8.06. The molecular formula is C14H20N6O2S2. The van der Waals surface area contributed by atoms with Crippen LogP contribution in [-0.4, -0.2) is 62.6 Å². The number of amides is 1. The number of nitrogens with one attached hydrogen (secondary N) is 1. The lowest BCUT2D eigenvalue weighted by Crippen LogP contribution is -2.36. The summed E-state index contributed by atoms with van der Waals surface area (Å²) in [5.41, 5.74) is 0. The Labute approximate surface area is 148 Å². The highest BCUT2D eigenvalue weighted by molar-refractivity contribution is 7.99. The predicted molar refractivity (Wildman–Crippen MR) is 93.3 cm³/mol. The number of carbonyl (C=O) groups excluding carboxylic acids is 1. The summed E-state index contributed by atoms with van der Waals surface area (Å²) >= 11 is 2.84. The molecule has 130 valence electrons. The van der Waals surface area contributed by atoms with E-state index >= 15 is 0 Å². The number of thiazole rings is 1. The molecule has 0 atom stereocenters. The highest BCUT2D eigenvalue weighted by Gasteiger charge is 2.16. The number of hydrogen-bond acceptors (Lipinski definition) is 8. The van der Waals surface area contributed by atoms with Crippen molar-refractivity contribution in [1.82, 2.24) is 24.6 Å². The van der Waals surface area contributed by atoms with Gasteiger partial charge in [-0.1, -0.05) is 11.8 Å². The van der Waals surface area contributed by atoms with Crippen LogP contribution >= 0.6 is 23.1 Å². The Kier molecular flexibility index (Phi) is 5.82. The molecule has 2 aromatic rings. The van der Waals surface area contributed by atoms with E-state index in [-0.39, 0.29) is 11.7 Å². The van der Waals surface area contributed by atoms with Crippen molar-refractivity contribution in [3.8, 4) is 0 Å². The quantitative estimate of drug-likeness (QED) is 0.765. The van der Waals surface area contributed by atoms with E-state index in [1.54, 1.807) is 6.20 Å². The Balaban J connectivity index is 1.51. The Morgan fingerprint density at radius 2 is 2.21 bits per heavy atom. The van der Waals surface area contributed by atoms with Crippen molar-refractivity contribution in [3.05, 3.63) is 16.9 Å². The minimum absolute atomic E-state index is 0.0907. The number of nitrogens with zero attached hydrogens (tertiary/aromatic N) is 5. The van der Waals surface area contributed by atoms with Crippen LogP contribution in [0.2, 0.25) is 0 Å². The molecule has 8 nitrogen and oxygen atoms in total. The second-order valence-electron chi connectivity index (χ2n) is 5.46. The van der Waals surface area contributed by atoms with E-state index in [2.05, 4.69) is 25.4 Å². The van der Waals surface area contributed by atoms with Gasteiger partial charge < -0.3 is 14.6 Å². The van der Waals surface area contributed by atoms with Gasteiger partial charge in [0, 0.05) is 31.2 Å². The first-order chi connectivity index (χ1) is 11.6. The molecule has 0 aliphatic carbocycles. The smallest absolute Gasteiger partial charge is 0.236 e. The molecule has 1 amide bonds. The van der Waals surface area contributed by atoms with Gasteiger partial charge in [0.05, 0.1) is 25.5 Å². The molecule has 1 fully saturated rings. The number of hydrogen-bond donors (Lipinski definition) is 1. The third-order valence-corrected chi connectivity index (χ3v) is 5.44. The molecule has 24 heavy (non-hydrogen) atoms. The van der Waals surface area contributed by atoms with Crippen LogP contribution < -0.4 is 5.32 Å². The zero-order valence-corrected chi connectivity index (χ0v) is 15.3. The average Bonchev–Trinajstić information content (AvgIpc) is 3.13. The third kappa shape index (κ3) is 4.53. The molecule has 3 heterocycles. The van der Waals surface area contributed by atoms with E-state index in [0.717, 1.165) is 48.7 Å². The van der Waals surface area contributed by atoms with Gasteiger partial charge in [0.15, 0.2) is 10.3 Å². The minimum Gasteiger partial charge on any atom is -0.379 e. The van der Waals surface area contributed by atoms with Crippen molar-refractivity contribution in [3.63, 3.8) is 0 Å². The van der Waals surface area contributed by atoms with Crippen LogP contribution in [0.5, 0.6) is 0 Å². The molecule has 2 aromatic heterocycles. The van der Waals surface area contributed by atoms with Gasteiger partial charge >= 0.3 is 0 Å². The Morgan fingerprint density at radius 3 is 2.92 bits per heavy atom. The lowest BCUT2D eigenvalue weighted by atomic mass is 10.4. The van der Waals surface area contributed by atoms with Crippen molar-refractivity contribution in [2.45, 2.75) is 18.6 Å². The predicted octanol–water partition coefficient (Wildman–Crippen LogP) is 1.14. The summed E-state index contributed by atoms with van der Waals surface area (Å²) in [6, 6.07) is 0. The van der Waals surface area contributed by atoms with Gasteiger partial charge in [0.2, 0.25) is 5.91 Å². The van der Waals surface area contributed by atoms with Gasteiger partial charge in [-0.25, -0.2) is 4.98 Å². The highest BCUT2D eigenvalue weighted by atomic mass is 32.2. The Bertz CT molecular complexity index is 695. The van der Waals surface area contributed by atoms with Crippen LogP contribution in [0.15, 0.2) is 11.4 Å². The summed E-state index contributed by atoms with van der Waals surface area (Å²) < 4.78 is 7.30. The van der Waals surface area contributed by atoms with E-state index in [1.807, 2.05) is 18.5 Å². The Morgan fingerprint density at radius 1 is 1.42 bits per heavy atom. The van der Waals surface area contributed by atoms with Crippen molar-refractivity contribution in [2.75, 3.05) is 37.4 Å². The molecule has 1 aliphatic rings. The van der Waals surface area contributed by atoms with Crippen molar-refractivity contribution in [2.24, 2.45) is 7.05 Å². The molecule has 1 aliphatic heterocycles. The van der Waals surface area contributed by atoms with E-state index < -0.39 is 0 Å². The second-order valence-corrected chi connectivity index (χ2v) is 7.64. The maximum Gasteiger partial charge on any atom is 0.236 e. The van der Waals surface area contributed by atoms with Crippen molar-refractivity contribution < 1.29 is 9.53 Å². The average molecular weight is 368 g/mol. The van der Waals surface area contributed by atoms with E-state index in [4.69, 9.17) is 4.74 Å². The monoisotopic (exact) mass is 368 g/mol. The van der Waals surface area contributed by atoms with Crippen LogP contribution in [-0.2, 0) is 23.1 Å². The molecule has 1 saturated heterocycles. The summed E-state index contributed by atoms with van der Waals surface area (Å²) in [6.45, 7) is 6.04. The van der Waals surface area contributed by atoms with E-state index in [0.29, 0.717) is 5.13 Å². The van der Waals surface area contributed by atoms with Gasteiger partial charge in [-0.2, -0.15) is 0 Å². The van der Waals surface area contributed by atoms with Crippen LogP contribution in [0, 0.1) is 6.92 Å². The van der Waals surface area contributed by atoms with Crippen molar-refractivity contribution >= 4 is 34.1 Å². The number of ether oxygens (including phenoxy) is 1. The lowest BCUT2D eigenvalue weighted by molar-refractivity contribution is -0.113. The molecule has 0 bridgehead atoms. The SMILES string of the molecule is Cc1cnc(NC(=O)CSc2nnc(CN3CCOCC3)n2C)s1. The van der Waals surface area contributed by atoms with Crippen molar-refractivity contribution in [1.29, 1.82) is 0 Å².